The van der Waals surface area contributed by atoms with Crippen LogP contribution in [0.1, 0.15) is 5.89 Å². The quantitative estimate of drug-likeness (QED) is 0.651. The molecule has 2 heterocycles. The van der Waals surface area contributed by atoms with Crippen LogP contribution in [0, 0.1) is 0 Å². The standard InChI is InChI=1S/C12H8ClN3O/c13-7-11-15-12(16-17-11)10-6-5-8-3-1-2-4-9(8)14-10/h1-6H,7H2. The van der Waals surface area contributed by atoms with Gasteiger partial charge in [0, 0.05) is 5.39 Å². The summed E-state index contributed by atoms with van der Waals surface area (Å²) in [6, 6.07) is 11.7. The number of aromatic nitrogens is 3. The predicted octanol–water partition coefficient (Wildman–Crippen LogP) is 3.02. The molecular weight excluding hydrogens is 238 g/mol. The van der Waals surface area contributed by atoms with Crippen LogP contribution in [0.3, 0.4) is 0 Å². The van der Waals surface area contributed by atoms with Gasteiger partial charge in [-0.05, 0) is 12.1 Å². The maximum atomic E-state index is 5.61. The molecule has 4 nitrogen and oxygen atoms in total. The van der Waals surface area contributed by atoms with Crippen molar-refractivity contribution in [1.29, 1.82) is 0 Å². The zero-order valence-corrected chi connectivity index (χ0v) is 9.55. The van der Waals surface area contributed by atoms with Gasteiger partial charge in [-0.3, -0.25) is 0 Å². The van der Waals surface area contributed by atoms with E-state index in [9.17, 15) is 0 Å². The molecule has 5 heteroatoms. The highest BCUT2D eigenvalue weighted by Crippen LogP contribution is 2.18. The Bertz CT molecular complexity index is 665. The lowest BCUT2D eigenvalue weighted by molar-refractivity contribution is 0.391. The van der Waals surface area contributed by atoms with Crippen molar-refractivity contribution in [2.45, 2.75) is 5.88 Å². The van der Waals surface area contributed by atoms with Crippen LogP contribution in [-0.4, -0.2) is 15.1 Å². The second-order valence-electron chi connectivity index (χ2n) is 3.53. The van der Waals surface area contributed by atoms with Crippen LogP contribution in [0.15, 0.2) is 40.9 Å². The van der Waals surface area contributed by atoms with Crippen molar-refractivity contribution >= 4 is 22.5 Å². The summed E-state index contributed by atoms with van der Waals surface area (Å²) >= 11 is 5.61. The van der Waals surface area contributed by atoms with Gasteiger partial charge in [-0.25, -0.2) is 4.98 Å². The van der Waals surface area contributed by atoms with Crippen molar-refractivity contribution in [1.82, 2.24) is 15.1 Å². The molecule has 17 heavy (non-hydrogen) atoms. The number of para-hydroxylation sites is 1. The van der Waals surface area contributed by atoms with Gasteiger partial charge < -0.3 is 4.52 Å². The van der Waals surface area contributed by atoms with E-state index in [2.05, 4.69) is 15.1 Å². The molecule has 0 unspecified atom stereocenters. The van der Waals surface area contributed by atoms with Gasteiger partial charge in [0.25, 0.3) is 0 Å². The number of hydrogen-bond donors (Lipinski definition) is 0. The third kappa shape index (κ3) is 1.87. The molecule has 0 saturated heterocycles. The normalized spacial score (nSPS) is 10.9. The van der Waals surface area contributed by atoms with Crippen LogP contribution in [0.4, 0.5) is 0 Å². The summed E-state index contributed by atoms with van der Waals surface area (Å²) < 4.78 is 4.95. The highest BCUT2D eigenvalue weighted by molar-refractivity contribution is 6.16. The largest absolute Gasteiger partial charge is 0.338 e. The summed E-state index contributed by atoms with van der Waals surface area (Å²) in [7, 11) is 0. The molecule has 0 aliphatic rings. The van der Waals surface area contributed by atoms with Gasteiger partial charge >= 0.3 is 0 Å². The molecule has 1 aromatic carbocycles. The van der Waals surface area contributed by atoms with Crippen LogP contribution < -0.4 is 0 Å². The van der Waals surface area contributed by atoms with Gasteiger partial charge in [0.1, 0.15) is 11.6 Å². The van der Waals surface area contributed by atoms with Crippen molar-refractivity contribution in [3.63, 3.8) is 0 Å². The lowest BCUT2D eigenvalue weighted by Crippen LogP contribution is -1.87. The first-order valence-corrected chi connectivity index (χ1v) is 5.65. The third-order valence-corrected chi connectivity index (χ3v) is 2.64. The number of hydrogen-bond acceptors (Lipinski definition) is 4. The molecule has 0 fully saturated rings. The van der Waals surface area contributed by atoms with E-state index in [0.717, 1.165) is 10.9 Å². The first-order valence-electron chi connectivity index (χ1n) is 5.11. The molecule has 0 aliphatic carbocycles. The molecule has 2 aromatic heterocycles. The van der Waals surface area contributed by atoms with E-state index in [4.69, 9.17) is 16.1 Å². The second kappa shape index (κ2) is 4.14. The molecule has 0 bridgehead atoms. The van der Waals surface area contributed by atoms with E-state index in [1.165, 1.54) is 0 Å². The molecule has 0 saturated carbocycles. The molecule has 0 amide bonds. The van der Waals surface area contributed by atoms with Crippen molar-refractivity contribution in [3.8, 4) is 11.5 Å². The van der Waals surface area contributed by atoms with Crippen molar-refractivity contribution in [3.05, 3.63) is 42.3 Å². The molecular formula is C12H8ClN3O. The molecule has 0 aliphatic heterocycles. The Morgan fingerprint density at radius 3 is 2.76 bits per heavy atom. The third-order valence-electron chi connectivity index (χ3n) is 2.41. The van der Waals surface area contributed by atoms with Crippen molar-refractivity contribution < 1.29 is 4.52 Å². The maximum Gasteiger partial charge on any atom is 0.241 e. The summed E-state index contributed by atoms with van der Waals surface area (Å²) in [5.41, 5.74) is 1.59. The number of benzene rings is 1. The Morgan fingerprint density at radius 2 is 1.94 bits per heavy atom. The summed E-state index contributed by atoms with van der Waals surface area (Å²) in [5.74, 6) is 1.07. The molecule has 3 rings (SSSR count). The highest BCUT2D eigenvalue weighted by atomic mass is 35.5. The minimum atomic E-state index is 0.209. The molecule has 84 valence electrons. The van der Waals surface area contributed by atoms with Gasteiger partial charge in [0.05, 0.1) is 5.52 Å². The minimum absolute atomic E-state index is 0.209. The van der Waals surface area contributed by atoms with E-state index in [-0.39, 0.29) is 5.88 Å². The Hall–Kier alpha value is -1.94. The zero-order chi connectivity index (χ0) is 11.7. The minimum Gasteiger partial charge on any atom is -0.338 e. The Labute approximate surface area is 102 Å². The number of fused-ring (bicyclic) bond motifs is 1. The molecule has 3 aromatic rings. The van der Waals surface area contributed by atoms with E-state index >= 15 is 0 Å². The van der Waals surface area contributed by atoms with Gasteiger partial charge in [-0.2, -0.15) is 4.98 Å². The number of rotatable bonds is 2. The van der Waals surface area contributed by atoms with Gasteiger partial charge in [0.15, 0.2) is 0 Å². The van der Waals surface area contributed by atoms with Gasteiger partial charge in [-0.15, -0.1) is 11.6 Å². The number of pyridine rings is 1. The van der Waals surface area contributed by atoms with Crippen LogP contribution in [-0.2, 0) is 5.88 Å². The number of nitrogens with zero attached hydrogens (tertiary/aromatic N) is 3. The summed E-state index contributed by atoms with van der Waals surface area (Å²) in [6.07, 6.45) is 0. The van der Waals surface area contributed by atoms with E-state index in [1.807, 2.05) is 36.4 Å². The molecule has 0 radical (unpaired) electrons. The maximum absolute atomic E-state index is 5.61. The molecule has 0 spiro atoms. The smallest absolute Gasteiger partial charge is 0.241 e. The summed E-state index contributed by atoms with van der Waals surface area (Å²) in [5, 5.41) is 4.91. The molecule has 0 atom stereocenters. The summed E-state index contributed by atoms with van der Waals surface area (Å²) in [4.78, 5) is 8.60. The predicted molar refractivity (Wildman–Crippen MR) is 64.6 cm³/mol. The Kier molecular flexibility index (Phi) is 2.49. The van der Waals surface area contributed by atoms with Crippen LogP contribution in [0.2, 0.25) is 0 Å². The average molecular weight is 246 g/mol. The van der Waals surface area contributed by atoms with Gasteiger partial charge in [-0.1, -0.05) is 29.4 Å². The van der Waals surface area contributed by atoms with E-state index in [1.54, 1.807) is 0 Å². The van der Waals surface area contributed by atoms with Gasteiger partial charge in [0.2, 0.25) is 11.7 Å². The fourth-order valence-electron chi connectivity index (χ4n) is 1.60. The number of halogens is 1. The SMILES string of the molecule is ClCc1nc(-c2ccc3ccccc3n2)no1. The Balaban J connectivity index is 2.11. The monoisotopic (exact) mass is 245 g/mol. The average Bonchev–Trinajstić information content (AvgIpc) is 2.87. The zero-order valence-electron chi connectivity index (χ0n) is 8.80. The first-order chi connectivity index (χ1) is 8.36. The van der Waals surface area contributed by atoms with Crippen LogP contribution >= 0.6 is 11.6 Å². The Morgan fingerprint density at radius 1 is 1.06 bits per heavy atom. The topological polar surface area (TPSA) is 51.8 Å². The van der Waals surface area contributed by atoms with E-state index in [0.29, 0.717) is 17.4 Å². The first kappa shape index (κ1) is 10.2. The summed E-state index contributed by atoms with van der Waals surface area (Å²) in [6.45, 7) is 0. The molecule has 0 N–H and O–H groups in total. The van der Waals surface area contributed by atoms with Crippen LogP contribution in [0.25, 0.3) is 22.4 Å². The highest BCUT2D eigenvalue weighted by Gasteiger charge is 2.09. The number of alkyl halides is 1. The lowest BCUT2D eigenvalue weighted by atomic mass is 10.2. The fraction of sp³-hybridized carbons (Fsp3) is 0.0833. The van der Waals surface area contributed by atoms with Crippen molar-refractivity contribution in [2.24, 2.45) is 0 Å². The van der Waals surface area contributed by atoms with Crippen molar-refractivity contribution in [2.75, 3.05) is 0 Å². The fourth-order valence-corrected chi connectivity index (χ4v) is 1.71. The second-order valence-corrected chi connectivity index (χ2v) is 3.80. The lowest BCUT2D eigenvalue weighted by Gasteiger charge is -1.98. The van der Waals surface area contributed by atoms with E-state index < -0.39 is 0 Å². The van der Waals surface area contributed by atoms with Crippen LogP contribution in [0.5, 0.6) is 0 Å².